The number of carbonyl (C=O) groups is 1. The summed E-state index contributed by atoms with van der Waals surface area (Å²) in [5.74, 6) is -0.0683. The minimum absolute atomic E-state index is 0.0683. The summed E-state index contributed by atoms with van der Waals surface area (Å²) in [5, 5.41) is 4.67. The van der Waals surface area contributed by atoms with Gasteiger partial charge in [0.15, 0.2) is 0 Å². The van der Waals surface area contributed by atoms with E-state index in [0.29, 0.717) is 0 Å². The monoisotopic (exact) mass is 360 g/mol. The van der Waals surface area contributed by atoms with Crippen LogP contribution in [0.3, 0.4) is 0 Å². The van der Waals surface area contributed by atoms with Crippen molar-refractivity contribution in [2.45, 2.75) is 6.92 Å². The molecule has 3 aromatic carbocycles. The second kappa shape index (κ2) is 6.70. The van der Waals surface area contributed by atoms with Gasteiger partial charge in [0.1, 0.15) is 0 Å². The van der Waals surface area contributed by atoms with Crippen LogP contribution in [0.15, 0.2) is 72.8 Å². The smallest absolute Gasteiger partial charge is 0.221 e. The van der Waals surface area contributed by atoms with Crippen molar-refractivity contribution < 1.29 is 4.79 Å². The van der Waals surface area contributed by atoms with Gasteiger partial charge in [-0.25, -0.2) is 0 Å². The lowest BCUT2D eigenvalue weighted by atomic mass is 10.0. The van der Waals surface area contributed by atoms with E-state index in [1.165, 1.54) is 6.92 Å². The van der Waals surface area contributed by atoms with Gasteiger partial charge in [0.25, 0.3) is 0 Å². The van der Waals surface area contributed by atoms with Crippen LogP contribution in [0.5, 0.6) is 0 Å². The number of hydrogen-bond acceptors (Lipinski definition) is 1. The molecule has 0 unspecified atom stereocenters. The first-order valence-corrected chi connectivity index (χ1v) is 8.73. The molecule has 0 saturated heterocycles. The van der Waals surface area contributed by atoms with Gasteiger partial charge in [0.05, 0.1) is 0 Å². The third-order valence-corrected chi connectivity index (χ3v) is 4.57. The molecule has 0 aliphatic heterocycles. The predicted molar refractivity (Wildman–Crippen MR) is 108 cm³/mol. The first kappa shape index (κ1) is 16.4. The van der Waals surface area contributed by atoms with Crippen LogP contribution in [0.2, 0.25) is 5.02 Å². The van der Waals surface area contributed by atoms with Gasteiger partial charge in [-0.05, 0) is 59.2 Å². The van der Waals surface area contributed by atoms with Gasteiger partial charge in [-0.1, -0.05) is 41.9 Å². The Balaban J connectivity index is 1.67. The molecule has 0 aliphatic carbocycles. The van der Waals surface area contributed by atoms with Gasteiger partial charge in [-0.15, -0.1) is 0 Å². The summed E-state index contributed by atoms with van der Waals surface area (Å²) in [6.07, 6.45) is 0. The SMILES string of the molecule is CC(=O)Nc1ccc(-c2ccc3[nH]c(-c4ccc(Cl)cc4)cc3c2)cc1. The molecule has 0 bridgehead atoms. The van der Waals surface area contributed by atoms with Crippen LogP contribution in [-0.2, 0) is 4.79 Å². The minimum atomic E-state index is -0.0683. The molecule has 0 aliphatic rings. The van der Waals surface area contributed by atoms with E-state index in [1.807, 2.05) is 48.5 Å². The van der Waals surface area contributed by atoms with E-state index in [4.69, 9.17) is 11.6 Å². The molecule has 1 amide bonds. The topological polar surface area (TPSA) is 44.9 Å². The quantitative estimate of drug-likeness (QED) is 0.454. The fourth-order valence-electron chi connectivity index (χ4n) is 3.05. The number of nitrogens with one attached hydrogen (secondary N) is 2. The Morgan fingerprint density at radius 2 is 1.50 bits per heavy atom. The van der Waals surface area contributed by atoms with E-state index in [2.05, 4.69) is 34.6 Å². The van der Waals surface area contributed by atoms with Gasteiger partial charge in [-0.3, -0.25) is 4.79 Å². The average Bonchev–Trinajstić information content (AvgIpc) is 3.05. The number of halogens is 1. The summed E-state index contributed by atoms with van der Waals surface area (Å²) in [6.45, 7) is 1.51. The summed E-state index contributed by atoms with van der Waals surface area (Å²) < 4.78 is 0. The van der Waals surface area contributed by atoms with E-state index >= 15 is 0 Å². The lowest BCUT2D eigenvalue weighted by Crippen LogP contribution is -2.05. The molecule has 4 heteroatoms. The number of carbonyl (C=O) groups excluding carboxylic acids is 1. The molecule has 0 spiro atoms. The number of benzene rings is 3. The Kier molecular flexibility index (Phi) is 4.23. The molecule has 4 aromatic rings. The summed E-state index contributed by atoms with van der Waals surface area (Å²) in [6, 6.07) is 24.2. The number of aromatic nitrogens is 1. The van der Waals surface area contributed by atoms with E-state index < -0.39 is 0 Å². The van der Waals surface area contributed by atoms with Crippen LogP contribution in [0.1, 0.15) is 6.92 Å². The molecule has 1 aromatic heterocycles. The van der Waals surface area contributed by atoms with Crippen molar-refractivity contribution in [2.24, 2.45) is 0 Å². The van der Waals surface area contributed by atoms with E-state index in [9.17, 15) is 4.79 Å². The number of hydrogen-bond donors (Lipinski definition) is 2. The number of amides is 1. The molecular weight excluding hydrogens is 344 g/mol. The second-order valence-corrected chi connectivity index (χ2v) is 6.69. The molecule has 2 N–H and O–H groups in total. The minimum Gasteiger partial charge on any atom is -0.355 e. The molecule has 0 atom stereocenters. The van der Waals surface area contributed by atoms with Crippen LogP contribution in [0.25, 0.3) is 33.3 Å². The first-order valence-electron chi connectivity index (χ1n) is 8.35. The van der Waals surface area contributed by atoms with E-state index in [-0.39, 0.29) is 5.91 Å². The highest BCUT2D eigenvalue weighted by atomic mass is 35.5. The Hall–Kier alpha value is -3.04. The maximum Gasteiger partial charge on any atom is 0.221 e. The van der Waals surface area contributed by atoms with Crippen LogP contribution >= 0.6 is 11.6 Å². The number of rotatable bonds is 3. The largest absolute Gasteiger partial charge is 0.355 e. The Bertz CT molecular complexity index is 1080. The molecule has 3 nitrogen and oxygen atoms in total. The molecule has 26 heavy (non-hydrogen) atoms. The average molecular weight is 361 g/mol. The van der Waals surface area contributed by atoms with Crippen molar-refractivity contribution in [3.63, 3.8) is 0 Å². The van der Waals surface area contributed by atoms with Crippen molar-refractivity contribution >= 4 is 34.1 Å². The van der Waals surface area contributed by atoms with Crippen LogP contribution in [0.4, 0.5) is 5.69 Å². The van der Waals surface area contributed by atoms with Crippen molar-refractivity contribution in [1.29, 1.82) is 0 Å². The third kappa shape index (κ3) is 3.35. The number of aromatic amines is 1. The molecule has 0 fully saturated rings. The predicted octanol–water partition coefficient (Wildman–Crippen LogP) is 6.11. The van der Waals surface area contributed by atoms with Gasteiger partial charge < -0.3 is 10.3 Å². The zero-order valence-corrected chi connectivity index (χ0v) is 15.0. The lowest BCUT2D eigenvalue weighted by Gasteiger charge is -2.05. The molecule has 4 rings (SSSR count). The van der Waals surface area contributed by atoms with Crippen LogP contribution in [-0.4, -0.2) is 10.9 Å². The molecular formula is C22H17ClN2O. The fraction of sp³-hybridized carbons (Fsp3) is 0.0455. The number of anilines is 1. The highest BCUT2D eigenvalue weighted by Gasteiger charge is 2.06. The van der Waals surface area contributed by atoms with Gasteiger partial charge in [0, 0.05) is 34.2 Å². The maximum atomic E-state index is 11.1. The van der Waals surface area contributed by atoms with Crippen molar-refractivity contribution in [1.82, 2.24) is 4.98 Å². The van der Waals surface area contributed by atoms with Crippen molar-refractivity contribution in [2.75, 3.05) is 5.32 Å². The maximum absolute atomic E-state index is 11.1. The number of H-pyrrole nitrogens is 1. The summed E-state index contributed by atoms with van der Waals surface area (Å²) in [5.41, 5.74) is 6.30. The van der Waals surface area contributed by atoms with Gasteiger partial charge >= 0.3 is 0 Å². The fourth-order valence-corrected chi connectivity index (χ4v) is 3.17. The lowest BCUT2D eigenvalue weighted by molar-refractivity contribution is -0.114. The Labute approximate surface area is 156 Å². The highest BCUT2D eigenvalue weighted by Crippen LogP contribution is 2.29. The molecule has 1 heterocycles. The van der Waals surface area contributed by atoms with E-state index in [0.717, 1.165) is 44.0 Å². The summed E-state index contributed by atoms with van der Waals surface area (Å²) in [7, 11) is 0. The van der Waals surface area contributed by atoms with Crippen molar-refractivity contribution in [3.05, 3.63) is 77.8 Å². The van der Waals surface area contributed by atoms with Gasteiger partial charge in [-0.2, -0.15) is 0 Å². The molecule has 0 radical (unpaired) electrons. The second-order valence-electron chi connectivity index (χ2n) is 6.25. The number of fused-ring (bicyclic) bond motifs is 1. The summed E-state index contributed by atoms with van der Waals surface area (Å²) >= 11 is 5.97. The first-order chi connectivity index (χ1) is 12.6. The van der Waals surface area contributed by atoms with Crippen molar-refractivity contribution in [3.8, 4) is 22.4 Å². The third-order valence-electron chi connectivity index (χ3n) is 4.31. The zero-order chi connectivity index (χ0) is 18.1. The molecule has 128 valence electrons. The highest BCUT2D eigenvalue weighted by molar-refractivity contribution is 6.30. The standard InChI is InChI=1S/C22H17ClN2O/c1-14(26)24-20-9-4-15(5-10-20)17-6-11-21-18(12-17)13-22(25-21)16-2-7-19(23)8-3-16/h2-13,25H,1H3,(H,24,26). The Morgan fingerprint density at radius 1 is 0.846 bits per heavy atom. The summed E-state index contributed by atoms with van der Waals surface area (Å²) in [4.78, 5) is 14.6. The van der Waals surface area contributed by atoms with Gasteiger partial charge in [0.2, 0.25) is 5.91 Å². The normalized spacial score (nSPS) is 10.8. The zero-order valence-electron chi connectivity index (χ0n) is 14.2. The van der Waals surface area contributed by atoms with Crippen LogP contribution < -0.4 is 5.32 Å². The Morgan fingerprint density at radius 3 is 2.19 bits per heavy atom. The van der Waals surface area contributed by atoms with Crippen LogP contribution in [0, 0.1) is 0 Å². The molecule has 0 saturated carbocycles. The van der Waals surface area contributed by atoms with E-state index in [1.54, 1.807) is 0 Å².